The Kier molecular flexibility index (Phi) is 3.54. The van der Waals surface area contributed by atoms with Crippen LogP contribution in [0.15, 0.2) is 36.7 Å². The second-order valence-corrected chi connectivity index (χ2v) is 3.42. The normalized spacial score (nSPS) is 10.2. The number of benzene rings is 1. The maximum atomic E-state index is 5.44. The van der Waals surface area contributed by atoms with Gasteiger partial charge < -0.3 is 11.2 Å². The van der Waals surface area contributed by atoms with Crippen LogP contribution in [-0.2, 0) is 6.54 Å². The van der Waals surface area contributed by atoms with Crippen LogP contribution in [0.2, 0.25) is 0 Å². The fourth-order valence-corrected chi connectivity index (χ4v) is 1.33. The van der Waals surface area contributed by atoms with Gasteiger partial charge in [-0.1, -0.05) is 30.8 Å². The molecule has 3 N–H and O–H groups in total. The SMILES string of the molecule is C=C(N)NN(C)Cc1ccccc1C. The number of aryl methyl sites for hydroxylation is 1. The van der Waals surface area contributed by atoms with Crippen LogP contribution in [0.3, 0.4) is 0 Å². The highest BCUT2D eigenvalue weighted by Crippen LogP contribution is 2.08. The van der Waals surface area contributed by atoms with Crippen LogP contribution in [0.25, 0.3) is 0 Å². The molecule has 0 bridgehead atoms. The van der Waals surface area contributed by atoms with Crippen LogP contribution < -0.4 is 11.2 Å². The van der Waals surface area contributed by atoms with Crippen LogP contribution >= 0.6 is 0 Å². The summed E-state index contributed by atoms with van der Waals surface area (Å²) < 4.78 is 0. The van der Waals surface area contributed by atoms with Crippen LogP contribution in [0.1, 0.15) is 11.1 Å². The minimum absolute atomic E-state index is 0.459. The van der Waals surface area contributed by atoms with Gasteiger partial charge in [-0.15, -0.1) is 0 Å². The highest BCUT2D eigenvalue weighted by Gasteiger charge is 2.01. The zero-order valence-corrected chi connectivity index (χ0v) is 8.75. The predicted molar refractivity (Wildman–Crippen MR) is 59.1 cm³/mol. The lowest BCUT2D eigenvalue weighted by Crippen LogP contribution is -2.35. The lowest BCUT2D eigenvalue weighted by molar-refractivity contribution is 0.255. The molecule has 0 fully saturated rings. The van der Waals surface area contributed by atoms with Crippen LogP contribution in [0, 0.1) is 6.92 Å². The molecule has 0 spiro atoms. The first kappa shape index (κ1) is 10.6. The topological polar surface area (TPSA) is 41.3 Å². The van der Waals surface area contributed by atoms with E-state index in [0.29, 0.717) is 5.82 Å². The van der Waals surface area contributed by atoms with Gasteiger partial charge in [0, 0.05) is 13.6 Å². The van der Waals surface area contributed by atoms with Gasteiger partial charge in [-0.2, -0.15) is 0 Å². The minimum atomic E-state index is 0.459. The number of nitrogens with two attached hydrogens (primary N) is 1. The summed E-state index contributed by atoms with van der Waals surface area (Å²) in [5, 5.41) is 1.91. The van der Waals surface area contributed by atoms with Gasteiger partial charge in [-0.3, -0.25) is 0 Å². The highest BCUT2D eigenvalue weighted by atomic mass is 15.5. The molecule has 0 saturated heterocycles. The van der Waals surface area contributed by atoms with E-state index in [1.54, 1.807) is 0 Å². The van der Waals surface area contributed by atoms with E-state index < -0.39 is 0 Å². The van der Waals surface area contributed by atoms with E-state index in [2.05, 4.69) is 31.1 Å². The Morgan fingerprint density at radius 2 is 2.14 bits per heavy atom. The van der Waals surface area contributed by atoms with E-state index >= 15 is 0 Å². The van der Waals surface area contributed by atoms with Crippen LogP contribution in [0.4, 0.5) is 0 Å². The molecule has 1 rings (SSSR count). The summed E-state index contributed by atoms with van der Waals surface area (Å²) in [6, 6.07) is 8.27. The Morgan fingerprint density at radius 1 is 1.50 bits per heavy atom. The molecule has 14 heavy (non-hydrogen) atoms. The maximum absolute atomic E-state index is 5.44. The van der Waals surface area contributed by atoms with Crippen molar-refractivity contribution >= 4 is 0 Å². The first-order chi connectivity index (χ1) is 6.59. The Bertz CT molecular complexity index is 320. The number of nitrogens with zero attached hydrogens (tertiary/aromatic N) is 1. The number of nitrogens with one attached hydrogen (secondary N) is 1. The van der Waals surface area contributed by atoms with Gasteiger partial charge in [0.25, 0.3) is 0 Å². The molecular formula is C11H17N3. The molecule has 0 aliphatic carbocycles. The van der Waals surface area contributed by atoms with Gasteiger partial charge in [-0.05, 0) is 18.1 Å². The third kappa shape index (κ3) is 3.11. The summed E-state index contributed by atoms with van der Waals surface area (Å²) in [5.74, 6) is 0.459. The van der Waals surface area contributed by atoms with Gasteiger partial charge in [0.15, 0.2) is 0 Å². The smallest absolute Gasteiger partial charge is 0.103 e. The average Bonchev–Trinajstić information content (AvgIpc) is 2.07. The fraction of sp³-hybridized carbons (Fsp3) is 0.273. The number of hydrazine groups is 1. The van der Waals surface area contributed by atoms with Crippen LogP contribution in [0.5, 0.6) is 0 Å². The first-order valence-electron chi connectivity index (χ1n) is 4.56. The quantitative estimate of drug-likeness (QED) is 0.706. The van der Waals surface area contributed by atoms with Crippen molar-refractivity contribution in [2.75, 3.05) is 7.05 Å². The summed E-state index contributed by atoms with van der Waals surface area (Å²) in [4.78, 5) is 0. The second kappa shape index (κ2) is 4.67. The van der Waals surface area contributed by atoms with Crippen molar-refractivity contribution in [2.24, 2.45) is 5.73 Å². The van der Waals surface area contributed by atoms with Crippen molar-refractivity contribution in [2.45, 2.75) is 13.5 Å². The Morgan fingerprint density at radius 3 is 2.71 bits per heavy atom. The predicted octanol–water partition coefficient (Wildman–Crippen LogP) is 1.36. The molecule has 0 unspecified atom stereocenters. The molecule has 3 nitrogen and oxygen atoms in total. The molecule has 3 heteroatoms. The summed E-state index contributed by atoms with van der Waals surface area (Å²) in [5.41, 5.74) is 10.9. The summed E-state index contributed by atoms with van der Waals surface area (Å²) in [6.07, 6.45) is 0. The largest absolute Gasteiger partial charge is 0.385 e. The summed E-state index contributed by atoms with van der Waals surface area (Å²) in [7, 11) is 1.94. The molecule has 0 atom stereocenters. The Labute approximate surface area is 85.2 Å². The molecule has 1 aromatic rings. The molecule has 1 aromatic carbocycles. The molecule has 0 aliphatic heterocycles. The van der Waals surface area contributed by atoms with Crippen molar-refractivity contribution in [3.8, 4) is 0 Å². The molecule has 0 radical (unpaired) electrons. The zero-order chi connectivity index (χ0) is 10.6. The fourth-order valence-electron chi connectivity index (χ4n) is 1.33. The summed E-state index contributed by atoms with van der Waals surface area (Å²) >= 11 is 0. The monoisotopic (exact) mass is 191 g/mol. The number of rotatable bonds is 4. The molecule has 0 aromatic heterocycles. The van der Waals surface area contributed by atoms with Gasteiger partial charge in [-0.25, -0.2) is 5.01 Å². The molecule has 0 saturated carbocycles. The first-order valence-corrected chi connectivity index (χ1v) is 4.56. The van der Waals surface area contributed by atoms with E-state index in [1.807, 2.05) is 24.2 Å². The number of hydrogen-bond acceptors (Lipinski definition) is 3. The summed E-state index contributed by atoms with van der Waals surface area (Å²) in [6.45, 7) is 6.49. The van der Waals surface area contributed by atoms with Crippen molar-refractivity contribution in [1.29, 1.82) is 0 Å². The molecular weight excluding hydrogens is 174 g/mol. The lowest BCUT2D eigenvalue weighted by Gasteiger charge is -2.19. The van der Waals surface area contributed by atoms with Crippen molar-refractivity contribution in [3.63, 3.8) is 0 Å². The van der Waals surface area contributed by atoms with Gasteiger partial charge >= 0.3 is 0 Å². The lowest BCUT2D eigenvalue weighted by atomic mass is 10.1. The second-order valence-electron chi connectivity index (χ2n) is 3.42. The van der Waals surface area contributed by atoms with E-state index in [0.717, 1.165) is 6.54 Å². The standard InChI is InChI=1S/C11H17N3/c1-9-6-4-5-7-11(9)8-14(3)13-10(2)12/h4-7,13H,2,8,12H2,1,3H3. The molecule has 0 amide bonds. The van der Waals surface area contributed by atoms with Gasteiger partial charge in [0.05, 0.1) is 0 Å². The molecule has 0 aliphatic rings. The highest BCUT2D eigenvalue weighted by molar-refractivity contribution is 5.25. The Balaban J connectivity index is 2.60. The van der Waals surface area contributed by atoms with E-state index in [1.165, 1.54) is 11.1 Å². The van der Waals surface area contributed by atoms with Gasteiger partial charge in [0.2, 0.25) is 0 Å². The van der Waals surface area contributed by atoms with Crippen molar-refractivity contribution in [3.05, 3.63) is 47.8 Å². The van der Waals surface area contributed by atoms with Crippen LogP contribution in [-0.4, -0.2) is 12.1 Å². The Hall–Kier alpha value is -1.48. The third-order valence-electron chi connectivity index (χ3n) is 2.00. The molecule has 0 heterocycles. The van der Waals surface area contributed by atoms with Crippen molar-refractivity contribution < 1.29 is 0 Å². The third-order valence-corrected chi connectivity index (χ3v) is 2.00. The zero-order valence-electron chi connectivity index (χ0n) is 8.75. The van der Waals surface area contributed by atoms with E-state index in [-0.39, 0.29) is 0 Å². The van der Waals surface area contributed by atoms with Crippen molar-refractivity contribution in [1.82, 2.24) is 10.4 Å². The molecule has 76 valence electrons. The van der Waals surface area contributed by atoms with Gasteiger partial charge in [0.1, 0.15) is 5.82 Å². The number of hydrogen-bond donors (Lipinski definition) is 2. The minimum Gasteiger partial charge on any atom is -0.385 e. The van der Waals surface area contributed by atoms with E-state index in [9.17, 15) is 0 Å². The average molecular weight is 191 g/mol. The van der Waals surface area contributed by atoms with E-state index in [4.69, 9.17) is 5.73 Å². The maximum Gasteiger partial charge on any atom is 0.103 e.